The summed E-state index contributed by atoms with van der Waals surface area (Å²) in [6.07, 6.45) is 3.39. The van der Waals surface area contributed by atoms with Gasteiger partial charge in [0, 0.05) is 33.8 Å². The molecule has 1 aliphatic rings. The molecule has 10 heteroatoms. The van der Waals surface area contributed by atoms with Crippen LogP contribution in [0.1, 0.15) is 34.1 Å². The molecule has 1 amide bonds. The van der Waals surface area contributed by atoms with Gasteiger partial charge in [0.05, 0.1) is 12.9 Å². The number of hydrogen-bond acceptors (Lipinski definition) is 8. The first-order valence-electron chi connectivity index (χ1n) is 11.6. The van der Waals surface area contributed by atoms with Crippen LogP contribution < -0.4 is 5.32 Å². The maximum Gasteiger partial charge on any atom is 0.341 e. The molecular formula is C26H26N4O3S3. The molecule has 0 radical (unpaired) electrons. The highest BCUT2D eigenvalue weighted by molar-refractivity contribution is 7.99. The molecule has 1 N–H and O–H groups in total. The molecule has 36 heavy (non-hydrogen) atoms. The van der Waals surface area contributed by atoms with E-state index in [1.54, 1.807) is 11.3 Å². The molecule has 1 aromatic carbocycles. The van der Waals surface area contributed by atoms with Crippen LogP contribution in [0.25, 0.3) is 22.5 Å². The lowest BCUT2D eigenvalue weighted by Crippen LogP contribution is -2.16. The van der Waals surface area contributed by atoms with E-state index in [2.05, 4.69) is 27.8 Å². The van der Waals surface area contributed by atoms with Crippen molar-refractivity contribution < 1.29 is 14.3 Å². The number of nitrogens with zero attached hydrogens (tertiary/aromatic N) is 3. The summed E-state index contributed by atoms with van der Waals surface area (Å²) in [6.45, 7) is 2.30. The smallest absolute Gasteiger partial charge is 0.341 e. The summed E-state index contributed by atoms with van der Waals surface area (Å²) < 4.78 is 6.95. The number of fused-ring (bicyclic) bond motifs is 1. The van der Waals surface area contributed by atoms with Crippen LogP contribution >= 0.6 is 34.4 Å². The Balaban J connectivity index is 1.29. The lowest BCUT2D eigenvalue weighted by Gasteiger charge is -2.18. The van der Waals surface area contributed by atoms with Gasteiger partial charge >= 0.3 is 5.97 Å². The number of thioether (sulfide) groups is 1. The average Bonchev–Trinajstić information content (AvgIpc) is 3.59. The molecule has 0 aliphatic heterocycles. The summed E-state index contributed by atoms with van der Waals surface area (Å²) in [6, 6.07) is 9.58. The predicted octanol–water partition coefficient (Wildman–Crippen LogP) is 5.91. The summed E-state index contributed by atoms with van der Waals surface area (Å²) in [5.41, 5.74) is 4.54. The van der Waals surface area contributed by atoms with Crippen LogP contribution in [-0.4, -0.2) is 39.5 Å². The summed E-state index contributed by atoms with van der Waals surface area (Å²) >= 11 is 4.44. The standard InChI is InChI=1S/C26H26N4O3S3/c1-15-9-10-17-19(13-34-20(17)11-15)23-28-29-26(30(23)2)36-14-21(31)27-24-22(25(32)33-3)18(12-35-24)16-7-5-4-6-8-16/h4-8,12-13,15H,9-11,14H2,1-3H3,(H,27,31). The summed E-state index contributed by atoms with van der Waals surface area (Å²) in [5.74, 6) is 0.996. The zero-order chi connectivity index (χ0) is 25.2. The van der Waals surface area contributed by atoms with Crippen molar-refractivity contribution in [2.45, 2.75) is 31.3 Å². The van der Waals surface area contributed by atoms with Gasteiger partial charge in [-0.15, -0.1) is 32.9 Å². The monoisotopic (exact) mass is 538 g/mol. The van der Waals surface area contributed by atoms with Gasteiger partial charge in [-0.1, -0.05) is 49.0 Å². The molecule has 0 fully saturated rings. The Morgan fingerprint density at radius 2 is 1.94 bits per heavy atom. The first-order chi connectivity index (χ1) is 17.5. The fraction of sp³-hybridized carbons (Fsp3) is 0.308. The topological polar surface area (TPSA) is 86.1 Å². The third-order valence-corrected chi connectivity index (χ3v) is 9.30. The van der Waals surface area contributed by atoms with Crippen molar-refractivity contribution in [3.05, 3.63) is 57.1 Å². The highest BCUT2D eigenvalue weighted by Crippen LogP contribution is 2.38. The molecule has 3 aromatic heterocycles. The fourth-order valence-electron chi connectivity index (χ4n) is 4.42. The number of thiophene rings is 2. The van der Waals surface area contributed by atoms with E-state index in [1.807, 2.05) is 47.3 Å². The Kier molecular flexibility index (Phi) is 7.27. The third-order valence-electron chi connectivity index (χ3n) is 6.33. The maximum atomic E-state index is 12.8. The first-order valence-corrected chi connectivity index (χ1v) is 14.4. The van der Waals surface area contributed by atoms with Gasteiger partial charge in [-0.05, 0) is 36.3 Å². The predicted molar refractivity (Wildman–Crippen MR) is 146 cm³/mol. The van der Waals surface area contributed by atoms with E-state index in [9.17, 15) is 9.59 Å². The number of anilines is 1. The molecule has 0 saturated heterocycles. The van der Waals surface area contributed by atoms with Crippen molar-refractivity contribution in [3.63, 3.8) is 0 Å². The van der Waals surface area contributed by atoms with Crippen molar-refractivity contribution in [2.75, 3.05) is 18.2 Å². The quantitative estimate of drug-likeness (QED) is 0.232. The number of carbonyl (C=O) groups excluding carboxylic acids is 2. The molecule has 1 atom stereocenters. The summed E-state index contributed by atoms with van der Waals surface area (Å²) in [4.78, 5) is 26.8. The van der Waals surface area contributed by atoms with Crippen molar-refractivity contribution in [3.8, 4) is 22.5 Å². The number of aromatic nitrogens is 3. The van der Waals surface area contributed by atoms with E-state index < -0.39 is 5.97 Å². The molecule has 4 aromatic rings. The van der Waals surface area contributed by atoms with Crippen LogP contribution in [0.2, 0.25) is 0 Å². The largest absolute Gasteiger partial charge is 0.465 e. The molecule has 0 saturated carbocycles. The van der Waals surface area contributed by atoms with E-state index in [0.717, 1.165) is 41.3 Å². The van der Waals surface area contributed by atoms with Crippen molar-refractivity contribution >= 4 is 51.3 Å². The van der Waals surface area contributed by atoms with Crippen LogP contribution in [0.4, 0.5) is 5.00 Å². The molecule has 1 aliphatic carbocycles. The van der Waals surface area contributed by atoms with E-state index in [1.165, 1.54) is 47.1 Å². The molecule has 0 spiro atoms. The van der Waals surface area contributed by atoms with Gasteiger partial charge in [0.15, 0.2) is 11.0 Å². The van der Waals surface area contributed by atoms with Crippen molar-refractivity contribution in [1.29, 1.82) is 0 Å². The lowest BCUT2D eigenvalue weighted by molar-refractivity contribution is -0.113. The molecule has 3 heterocycles. The maximum absolute atomic E-state index is 12.8. The molecular weight excluding hydrogens is 513 g/mol. The Hall–Kier alpha value is -2.95. The number of benzene rings is 1. The van der Waals surface area contributed by atoms with Gasteiger partial charge in [0.25, 0.3) is 0 Å². The lowest BCUT2D eigenvalue weighted by atomic mass is 9.88. The van der Waals surface area contributed by atoms with Crippen LogP contribution in [0.3, 0.4) is 0 Å². The van der Waals surface area contributed by atoms with Gasteiger partial charge in [-0.3, -0.25) is 4.79 Å². The van der Waals surface area contributed by atoms with Crippen LogP contribution in [-0.2, 0) is 29.4 Å². The molecule has 186 valence electrons. The first kappa shape index (κ1) is 24.7. The van der Waals surface area contributed by atoms with Crippen LogP contribution in [0, 0.1) is 5.92 Å². The number of hydrogen-bond donors (Lipinski definition) is 1. The second kappa shape index (κ2) is 10.6. The molecule has 5 rings (SSSR count). The minimum Gasteiger partial charge on any atom is -0.465 e. The van der Waals surface area contributed by atoms with E-state index in [0.29, 0.717) is 15.7 Å². The zero-order valence-corrected chi connectivity index (χ0v) is 22.7. The van der Waals surface area contributed by atoms with Crippen molar-refractivity contribution in [1.82, 2.24) is 14.8 Å². The van der Waals surface area contributed by atoms with E-state index in [4.69, 9.17) is 4.74 Å². The summed E-state index contributed by atoms with van der Waals surface area (Å²) in [7, 11) is 3.28. The summed E-state index contributed by atoms with van der Waals surface area (Å²) in [5, 5.41) is 16.9. The number of rotatable bonds is 7. The van der Waals surface area contributed by atoms with Gasteiger partial charge < -0.3 is 14.6 Å². The third kappa shape index (κ3) is 4.85. The number of amides is 1. The number of methoxy groups -OCH3 is 1. The van der Waals surface area contributed by atoms with Crippen LogP contribution in [0.15, 0.2) is 46.2 Å². The fourth-order valence-corrected chi connectivity index (χ4v) is 7.34. The van der Waals surface area contributed by atoms with Gasteiger partial charge in [0.1, 0.15) is 10.6 Å². The second-order valence-electron chi connectivity index (χ2n) is 8.81. The number of carbonyl (C=O) groups is 2. The number of nitrogens with one attached hydrogen (secondary N) is 1. The minimum absolute atomic E-state index is 0.143. The number of esters is 1. The Labute approximate surface area is 221 Å². The zero-order valence-electron chi connectivity index (χ0n) is 20.2. The highest BCUT2D eigenvalue weighted by atomic mass is 32.2. The molecule has 1 unspecified atom stereocenters. The highest BCUT2D eigenvalue weighted by Gasteiger charge is 2.25. The Bertz CT molecular complexity index is 1410. The Morgan fingerprint density at radius 1 is 1.17 bits per heavy atom. The van der Waals surface area contributed by atoms with E-state index in [-0.39, 0.29) is 11.7 Å². The SMILES string of the molecule is COC(=O)c1c(-c2ccccc2)csc1NC(=O)CSc1nnc(-c2csc3c2CCC(C)C3)n1C. The second-order valence-corrected chi connectivity index (χ2v) is 11.6. The normalized spacial score (nSPS) is 14.9. The minimum atomic E-state index is -0.482. The molecule has 7 nitrogen and oxygen atoms in total. The van der Waals surface area contributed by atoms with E-state index >= 15 is 0 Å². The van der Waals surface area contributed by atoms with Crippen molar-refractivity contribution in [2.24, 2.45) is 13.0 Å². The molecule has 0 bridgehead atoms. The number of ether oxygens (including phenoxy) is 1. The van der Waals surface area contributed by atoms with Gasteiger partial charge in [0.2, 0.25) is 5.91 Å². The van der Waals surface area contributed by atoms with Gasteiger partial charge in [-0.25, -0.2) is 4.79 Å². The van der Waals surface area contributed by atoms with Gasteiger partial charge in [-0.2, -0.15) is 0 Å². The average molecular weight is 539 g/mol. The Morgan fingerprint density at radius 3 is 2.72 bits per heavy atom. The van der Waals surface area contributed by atoms with Crippen LogP contribution in [0.5, 0.6) is 0 Å².